The Morgan fingerprint density at radius 2 is 1.95 bits per heavy atom. The molecular weight excluding hydrogens is 256 g/mol. The highest BCUT2D eigenvalue weighted by Gasteiger charge is 2.48. The Morgan fingerprint density at radius 3 is 2.45 bits per heavy atom. The number of nitrogens with one attached hydrogen (secondary N) is 1. The second-order valence-corrected chi connectivity index (χ2v) is 6.29. The van der Waals surface area contributed by atoms with Gasteiger partial charge < -0.3 is 15.0 Å². The zero-order chi connectivity index (χ0) is 15.5. The van der Waals surface area contributed by atoms with Crippen LogP contribution in [0.5, 0.6) is 0 Å². The molecule has 1 aliphatic rings. The van der Waals surface area contributed by atoms with Crippen LogP contribution < -0.4 is 5.32 Å². The van der Waals surface area contributed by atoms with Crippen molar-refractivity contribution in [3.63, 3.8) is 0 Å². The molecule has 0 aromatic carbocycles. The molecule has 0 spiro atoms. The van der Waals surface area contributed by atoms with Crippen molar-refractivity contribution in [1.82, 2.24) is 10.2 Å². The summed E-state index contributed by atoms with van der Waals surface area (Å²) in [4.78, 5) is 26.9. The Hall–Kier alpha value is -1.10. The SMILES string of the molecule is CCC(C)C1C(=O)NC(C)(C)C(=O)N1C(C)CCOC. The Kier molecular flexibility index (Phi) is 5.57. The number of rotatable bonds is 6. The van der Waals surface area contributed by atoms with Crippen molar-refractivity contribution in [2.24, 2.45) is 5.92 Å². The number of amides is 2. The van der Waals surface area contributed by atoms with Crippen LogP contribution in [0.4, 0.5) is 0 Å². The molecule has 1 saturated heterocycles. The summed E-state index contributed by atoms with van der Waals surface area (Å²) in [5.74, 6) is 0.0827. The Labute approximate surface area is 122 Å². The van der Waals surface area contributed by atoms with Crippen LogP contribution >= 0.6 is 0 Å². The van der Waals surface area contributed by atoms with Gasteiger partial charge in [-0.2, -0.15) is 0 Å². The highest BCUT2D eigenvalue weighted by molar-refractivity contribution is 5.99. The average molecular weight is 284 g/mol. The normalized spacial score (nSPS) is 25.3. The highest BCUT2D eigenvalue weighted by atomic mass is 16.5. The third kappa shape index (κ3) is 3.32. The van der Waals surface area contributed by atoms with Gasteiger partial charge in [0.25, 0.3) is 0 Å². The molecule has 1 heterocycles. The van der Waals surface area contributed by atoms with Crippen LogP contribution in [0.1, 0.15) is 47.5 Å². The third-order valence-electron chi connectivity index (χ3n) is 4.17. The van der Waals surface area contributed by atoms with Crippen LogP contribution in [-0.2, 0) is 14.3 Å². The molecule has 0 bridgehead atoms. The van der Waals surface area contributed by atoms with Crippen LogP contribution in [0.2, 0.25) is 0 Å². The van der Waals surface area contributed by atoms with Crippen molar-refractivity contribution in [1.29, 1.82) is 0 Å². The van der Waals surface area contributed by atoms with Gasteiger partial charge in [-0.3, -0.25) is 9.59 Å². The van der Waals surface area contributed by atoms with Gasteiger partial charge in [0.05, 0.1) is 0 Å². The number of methoxy groups -OCH3 is 1. The summed E-state index contributed by atoms with van der Waals surface area (Å²) in [6.07, 6.45) is 1.60. The third-order valence-corrected chi connectivity index (χ3v) is 4.17. The zero-order valence-corrected chi connectivity index (χ0v) is 13.5. The molecule has 1 rings (SSSR count). The fraction of sp³-hybridized carbons (Fsp3) is 0.867. The quantitative estimate of drug-likeness (QED) is 0.805. The summed E-state index contributed by atoms with van der Waals surface area (Å²) in [5, 5.41) is 2.85. The predicted octanol–water partition coefficient (Wildman–Crippen LogP) is 1.56. The van der Waals surface area contributed by atoms with Gasteiger partial charge in [0.15, 0.2) is 0 Å². The maximum Gasteiger partial charge on any atom is 0.248 e. The first-order valence-corrected chi connectivity index (χ1v) is 7.40. The second kappa shape index (κ2) is 6.57. The Bertz CT molecular complexity index is 368. The van der Waals surface area contributed by atoms with Gasteiger partial charge in [-0.05, 0) is 33.1 Å². The van der Waals surface area contributed by atoms with E-state index >= 15 is 0 Å². The van der Waals surface area contributed by atoms with E-state index in [9.17, 15) is 9.59 Å². The minimum Gasteiger partial charge on any atom is -0.385 e. The molecule has 1 aliphatic heterocycles. The standard InChI is InChI=1S/C15H28N2O3/c1-7-10(2)12-13(18)16-15(4,5)14(19)17(12)11(3)8-9-20-6/h10-12H,7-9H2,1-6H3,(H,16,18). The van der Waals surface area contributed by atoms with Crippen molar-refractivity contribution in [2.45, 2.75) is 65.1 Å². The van der Waals surface area contributed by atoms with Crippen LogP contribution in [0.25, 0.3) is 0 Å². The first kappa shape index (κ1) is 17.0. The summed E-state index contributed by atoms with van der Waals surface area (Å²) in [5.41, 5.74) is -0.831. The lowest BCUT2D eigenvalue weighted by Crippen LogP contribution is -2.71. The van der Waals surface area contributed by atoms with Crippen molar-refractivity contribution >= 4 is 11.8 Å². The van der Waals surface area contributed by atoms with Crippen LogP contribution in [-0.4, -0.2) is 48.1 Å². The first-order valence-electron chi connectivity index (χ1n) is 7.40. The minimum atomic E-state index is -0.831. The van der Waals surface area contributed by atoms with Crippen LogP contribution in [0.3, 0.4) is 0 Å². The highest BCUT2D eigenvalue weighted by Crippen LogP contribution is 2.27. The number of piperazine rings is 1. The molecule has 1 fully saturated rings. The number of hydrogen-bond donors (Lipinski definition) is 1. The molecule has 3 atom stereocenters. The Morgan fingerprint density at radius 1 is 1.35 bits per heavy atom. The van der Waals surface area contributed by atoms with Crippen LogP contribution in [0.15, 0.2) is 0 Å². The van der Waals surface area contributed by atoms with E-state index in [1.807, 2.05) is 20.8 Å². The molecule has 2 amide bonds. The van der Waals surface area contributed by atoms with Crippen molar-refractivity contribution in [3.8, 4) is 0 Å². The minimum absolute atomic E-state index is 0.00762. The fourth-order valence-electron chi connectivity index (χ4n) is 2.67. The predicted molar refractivity (Wildman–Crippen MR) is 78.3 cm³/mol. The summed E-state index contributed by atoms with van der Waals surface area (Å²) in [6, 6.07) is -0.390. The van der Waals surface area contributed by atoms with Crippen LogP contribution in [0, 0.1) is 5.92 Å². The van der Waals surface area contributed by atoms with Gasteiger partial charge in [0.1, 0.15) is 11.6 Å². The molecule has 0 radical (unpaired) electrons. The number of carbonyl (C=O) groups excluding carboxylic acids is 2. The molecule has 1 N–H and O–H groups in total. The average Bonchev–Trinajstić information content (AvgIpc) is 2.38. The van der Waals surface area contributed by atoms with E-state index in [1.165, 1.54) is 0 Å². The Balaban J connectivity index is 3.06. The molecule has 0 aromatic heterocycles. The number of hydrogen-bond acceptors (Lipinski definition) is 3. The lowest BCUT2D eigenvalue weighted by atomic mass is 9.88. The summed E-state index contributed by atoms with van der Waals surface area (Å²) in [6.45, 7) is 10.2. The van der Waals surface area contributed by atoms with Gasteiger partial charge in [-0.1, -0.05) is 20.3 Å². The summed E-state index contributed by atoms with van der Waals surface area (Å²) >= 11 is 0. The van der Waals surface area contributed by atoms with Crippen molar-refractivity contribution < 1.29 is 14.3 Å². The van der Waals surface area contributed by atoms with E-state index in [1.54, 1.807) is 25.9 Å². The topological polar surface area (TPSA) is 58.6 Å². The van der Waals surface area contributed by atoms with E-state index < -0.39 is 5.54 Å². The number of ether oxygens (including phenoxy) is 1. The first-order chi connectivity index (χ1) is 9.26. The van der Waals surface area contributed by atoms with E-state index in [0.717, 1.165) is 12.8 Å². The van der Waals surface area contributed by atoms with Gasteiger partial charge in [-0.15, -0.1) is 0 Å². The van der Waals surface area contributed by atoms with Crippen molar-refractivity contribution in [3.05, 3.63) is 0 Å². The molecule has 0 aliphatic carbocycles. The van der Waals surface area contributed by atoms with Crippen molar-refractivity contribution in [2.75, 3.05) is 13.7 Å². The molecule has 0 saturated carbocycles. The maximum atomic E-state index is 12.7. The largest absolute Gasteiger partial charge is 0.385 e. The van der Waals surface area contributed by atoms with E-state index in [4.69, 9.17) is 4.74 Å². The number of nitrogens with zero attached hydrogens (tertiary/aromatic N) is 1. The molecule has 20 heavy (non-hydrogen) atoms. The zero-order valence-electron chi connectivity index (χ0n) is 13.5. The lowest BCUT2D eigenvalue weighted by molar-refractivity contribution is -0.158. The number of carbonyl (C=O) groups is 2. The van der Waals surface area contributed by atoms with Gasteiger partial charge in [0.2, 0.25) is 11.8 Å². The fourth-order valence-corrected chi connectivity index (χ4v) is 2.67. The molecule has 5 heteroatoms. The smallest absolute Gasteiger partial charge is 0.248 e. The van der Waals surface area contributed by atoms with E-state index in [0.29, 0.717) is 6.61 Å². The molecule has 5 nitrogen and oxygen atoms in total. The summed E-state index contributed by atoms with van der Waals surface area (Å²) in [7, 11) is 1.65. The lowest BCUT2D eigenvalue weighted by Gasteiger charge is -2.47. The molecule has 0 aromatic rings. The van der Waals surface area contributed by atoms with Gasteiger partial charge in [-0.25, -0.2) is 0 Å². The van der Waals surface area contributed by atoms with Gasteiger partial charge >= 0.3 is 0 Å². The molecule has 3 unspecified atom stereocenters. The molecular formula is C15H28N2O3. The van der Waals surface area contributed by atoms with E-state index in [2.05, 4.69) is 5.32 Å². The summed E-state index contributed by atoms with van der Waals surface area (Å²) < 4.78 is 5.10. The van der Waals surface area contributed by atoms with E-state index in [-0.39, 0.29) is 29.8 Å². The maximum absolute atomic E-state index is 12.7. The second-order valence-electron chi connectivity index (χ2n) is 6.29. The van der Waals surface area contributed by atoms with Gasteiger partial charge in [0, 0.05) is 19.8 Å². The molecule has 116 valence electrons. The monoisotopic (exact) mass is 284 g/mol.